The summed E-state index contributed by atoms with van der Waals surface area (Å²) in [7, 11) is 1.55. The number of ether oxygens (including phenoxy) is 1. The molecule has 8 nitrogen and oxygen atoms in total. The summed E-state index contributed by atoms with van der Waals surface area (Å²) >= 11 is -0.291. The number of nitrogens with zero attached hydrogens (tertiary/aromatic N) is 4. The Kier molecular flexibility index (Phi) is 6.14. The molecule has 1 aromatic heterocycles. The van der Waals surface area contributed by atoms with Crippen molar-refractivity contribution in [3.05, 3.63) is 5.21 Å². The third-order valence-electron chi connectivity index (χ3n) is 3.73. The molecule has 0 spiro atoms. The standard InChI is InChI=1S/C12H22N4O4S2/c1-4-5-6-15-8-16(18,10(17)9(15)7-20-2)11-13-14-12(21-11)22(3)19/h9-10,17H,4-8H2,1-3H3. The van der Waals surface area contributed by atoms with Gasteiger partial charge in [-0.05, 0) is 6.42 Å². The number of unbranched alkanes of at least 4 members (excludes halogenated alkanes) is 1. The zero-order valence-electron chi connectivity index (χ0n) is 13.0. The minimum Gasteiger partial charge on any atom is -0.623 e. The first-order valence-corrected chi connectivity index (χ1v) is 9.48. The lowest BCUT2D eigenvalue weighted by Crippen LogP contribution is -2.51. The van der Waals surface area contributed by atoms with Crippen molar-refractivity contribution >= 4 is 27.6 Å². The van der Waals surface area contributed by atoms with Crippen LogP contribution in [0.5, 0.6) is 0 Å². The molecule has 2 rings (SSSR count). The van der Waals surface area contributed by atoms with Crippen molar-refractivity contribution in [2.75, 3.05) is 33.2 Å². The summed E-state index contributed by atoms with van der Waals surface area (Å²) in [4.78, 5) is 1.94. The number of aromatic nitrogens is 2. The third-order valence-corrected chi connectivity index (χ3v) is 6.09. The molecule has 0 amide bonds. The van der Waals surface area contributed by atoms with Crippen LogP contribution in [0.1, 0.15) is 19.8 Å². The quantitative estimate of drug-likeness (QED) is 0.433. The van der Waals surface area contributed by atoms with Crippen LogP contribution in [-0.4, -0.2) is 70.2 Å². The van der Waals surface area contributed by atoms with Crippen molar-refractivity contribution in [2.24, 2.45) is 0 Å². The average Bonchev–Trinajstić information content (AvgIpc) is 3.06. The highest BCUT2D eigenvalue weighted by Gasteiger charge is 2.50. The number of quaternary nitrogens is 1. The molecule has 1 aliphatic rings. The fraction of sp³-hybridized carbons (Fsp3) is 0.833. The van der Waals surface area contributed by atoms with Crippen LogP contribution >= 0.6 is 11.3 Å². The van der Waals surface area contributed by atoms with Crippen LogP contribution in [0.3, 0.4) is 0 Å². The Morgan fingerprint density at radius 3 is 2.82 bits per heavy atom. The van der Waals surface area contributed by atoms with Gasteiger partial charge in [-0.25, -0.2) is 4.90 Å². The van der Waals surface area contributed by atoms with Gasteiger partial charge in [-0.1, -0.05) is 23.5 Å². The average molecular weight is 350 g/mol. The van der Waals surface area contributed by atoms with E-state index >= 15 is 0 Å². The highest BCUT2D eigenvalue weighted by Crippen LogP contribution is 2.36. The summed E-state index contributed by atoms with van der Waals surface area (Å²) in [6.45, 7) is 3.17. The van der Waals surface area contributed by atoms with E-state index in [1.165, 1.54) is 6.26 Å². The number of aliphatic hydroxyl groups is 1. The van der Waals surface area contributed by atoms with Gasteiger partial charge in [-0.3, -0.25) is 4.65 Å². The predicted molar refractivity (Wildman–Crippen MR) is 85.6 cm³/mol. The molecule has 126 valence electrons. The van der Waals surface area contributed by atoms with E-state index in [4.69, 9.17) is 4.74 Å². The summed E-state index contributed by atoms with van der Waals surface area (Å²) in [5.41, 5.74) is 0. The van der Waals surface area contributed by atoms with Gasteiger partial charge in [0.05, 0.1) is 6.61 Å². The summed E-state index contributed by atoms with van der Waals surface area (Å²) in [5.74, 6) is 0. The van der Waals surface area contributed by atoms with Crippen molar-refractivity contribution in [1.82, 2.24) is 19.7 Å². The second-order valence-electron chi connectivity index (χ2n) is 5.34. The van der Waals surface area contributed by atoms with Crippen molar-refractivity contribution < 1.29 is 14.4 Å². The molecule has 0 radical (unpaired) electrons. The van der Waals surface area contributed by atoms with Gasteiger partial charge in [0.25, 0.3) is 0 Å². The van der Waals surface area contributed by atoms with Gasteiger partial charge in [0.2, 0.25) is 6.23 Å². The van der Waals surface area contributed by atoms with E-state index in [9.17, 15) is 14.9 Å². The van der Waals surface area contributed by atoms with Gasteiger partial charge in [0, 0.05) is 36.2 Å². The lowest BCUT2D eigenvalue weighted by Gasteiger charge is -2.37. The molecule has 4 unspecified atom stereocenters. The Balaban J connectivity index is 2.24. The molecule has 0 aliphatic carbocycles. The molecule has 1 fully saturated rings. The number of hydroxylamine groups is 2. The predicted octanol–water partition coefficient (Wildman–Crippen LogP) is 0.487. The topological polar surface area (TPSA) is 105 Å². The van der Waals surface area contributed by atoms with Crippen LogP contribution in [0.2, 0.25) is 0 Å². The number of rotatable bonds is 7. The largest absolute Gasteiger partial charge is 0.623 e. The van der Waals surface area contributed by atoms with E-state index in [-0.39, 0.29) is 24.4 Å². The minimum atomic E-state index is -1.29. The number of aliphatic hydroxyl groups excluding tert-OH is 1. The lowest BCUT2D eigenvalue weighted by atomic mass is 10.2. The fourth-order valence-corrected chi connectivity index (χ4v) is 4.02. The minimum absolute atomic E-state index is 0.0974. The Bertz CT molecular complexity index is 489. The van der Waals surface area contributed by atoms with Crippen molar-refractivity contribution in [2.45, 2.75) is 36.4 Å². The molecule has 2 heterocycles. The SMILES string of the molecule is CCCCN1C[N+]([O-])(c2nnc([S+](C)[O-])s2)C(O)C1COC. The van der Waals surface area contributed by atoms with E-state index in [1.54, 1.807) is 7.11 Å². The van der Waals surface area contributed by atoms with Crippen molar-refractivity contribution in [3.8, 4) is 0 Å². The maximum absolute atomic E-state index is 13.1. The van der Waals surface area contributed by atoms with E-state index in [1.807, 2.05) is 4.90 Å². The van der Waals surface area contributed by atoms with E-state index < -0.39 is 22.1 Å². The van der Waals surface area contributed by atoms with Gasteiger partial charge >= 0.3 is 9.47 Å². The van der Waals surface area contributed by atoms with Crippen LogP contribution in [0.4, 0.5) is 5.13 Å². The smallest absolute Gasteiger partial charge is 0.326 e. The van der Waals surface area contributed by atoms with Crippen LogP contribution in [0.15, 0.2) is 4.34 Å². The molecule has 1 aliphatic heterocycles. The van der Waals surface area contributed by atoms with Gasteiger partial charge in [-0.15, -0.1) is 0 Å². The van der Waals surface area contributed by atoms with Crippen molar-refractivity contribution in [1.29, 1.82) is 0 Å². The van der Waals surface area contributed by atoms with Crippen LogP contribution in [0, 0.1) is 5.21 Å². The molecule has 1 N–H and O–H groups in total. The van der Waals surface area contributed by atoms with Gasteiger partial charge < -0.3 is 19.6 Å². The van der Waals surface area contributed by atoms with Crippen molar-refractivity contribution in [3.63, 3.8) is 0 Å². The highest BCUT2D eigenvalue weighted by molar-refractivity contribution is 7.92. The van der Waals surface area contributed by atoms with E-state index in [2.05, 4.69) is 17.1 Å². The summed E-state index contributed by atoms with van der Waals surface area (Å²) in [6.07, 6.45) is 2.24. The second kappa shape index (κ2) is 7.49. The summed E-state index contributed by atoms with van der Waals surface area (Å²) in [5, 5.41) is 31.4. The van der Waals surface area contributed by atoms with Gasteiger partial charge in [0.15, 0.2) is 0 Å². The molecule has 22 heavy (non-hydrogen) atoms. The first-order valence-electron chi connectivity index (χ1n) is 7.11. The Morgan fingerprint density at radius 2 is 2.27 bits per heavy atom. The molecule has 0 aromatic carbocycles. The Hall–Kier alpha value is -0.330. The summed E-state index contributed by atoms with van der Waals surface area (Å²) < 4.78 is 15.9. The van der Waals surface area contributed by atoms with Crippen LogP contribution in [0.25, 0.3) is 0 Å². The first-order chi connectivity index (χ1) is 10.4. The van der Waals surface area contributed by atoms with Gasteiger partial charge in [-0.2, -0.15) is 0 Å². The first kappa shape index (κ1) is 18.0. The third kappa shape index (κ3) is 3.44. The maximum atomic E-state index is 13.1. The molecular weight excluding hydrogens is 328 g/mol. The molecule has 1 saturated heterocycles. The molecule has 0 bridgehead atoms. The zero-order chi connectivity index (χ0) is 16.3. The molecule has 1 aromatic rings. The molecule has 10 heteroatoms. The fourth-order valence-electron chi connectivity index (χ4n) is 2.53. The number of hydrogen-bond donors (Lipinski definition) is 1. The second-order valence-corrected chi connectivity index (χ2v) is 7.85. The maximum Gasteiger partial charge on any atom is 0.326 e. The zero-order valence-corrected chi connectivity index (χ0v) is 14.6. The molecular formula is C12H22N4O4S2. The van der Waals surface area contributed by atoms with Gasteiger partial charge in [0.1, 0.15) is 19.0 Å². The lowest BCUT2D eigenvalue weighted by molar-refractivity contribution is 0.0191. The van der Waals surface area contributed by atoms with E-state index in [0.29, 0.717) is 4.34 Å². The van der Waals surface area contributed by atoms with Crippen LogP contribution in [-0.2, 0) is 15.9 Å². The normalized spacial score (nSPS) is 30.8. The number of hydrogen-bond acceptors (Lipinski definition) is 8. The molecule has 4 atom stereocenters. The van der Waals surface area contributed by atoms with Crippen LogP contribution < -0.4 is 4.65 Å². The Morgan fingerprint density at radius 1 is 1.55 bits per heavy atom. The monoisotopic (exact) mass is 350 g/mol. The molecule has 0 saturated carbocycles. The number of methoxy groups -OCH3 is 1. The highest BCUT2D eigenvalue weighted by atomic mass is 32.2. The van der Waals surface area contributed by atoms with E-state index in [0.717, 1.165) is 30.7 Å². The Labute approximate surface area is 137 Å². The summed E-state index contributed by atoms with van der Waals surface area (Å²) in [6, 6.07) is -0.381.